The first kappa shape index (κ1) is 14.4. The number of hydrogen-bond donors (Lipinski definition) is 1. The van der Waals surface area contributed by atoms with Gasteiger partial charge in [-0.3, -0.25) is 0 Å². The first-order chi connectivity index (χ1) is 10.1. The van der Waals surface area contributed by atoms with Crippen molar-refractivity contribution < 1.29 is 9.13 Å². The van der Waals surface area contributed by atoms with Crippen LogP contribution in [0.2, 0.25) is 5.02 Å². The molecule has 3 rings (SSSR count). The molecule has 4 heteroatoms. The third-order valence-corrected chi connectivity index (χ3v) is 4.23. The molecule has 2 nitrogen and oxygen atoms in total. The minimum absolute atomic E-state index is 0.131. The minimum Gasteiger partial charge on any atom is -0.493 e. The van der Waals surface area contributed by atoms with Crippen molar-refractivity contribution in [1.29, 1.82) is 0 Å². The van der Waals surface area contributed by atoms with Gasteiger partial charge < -0.3 is 10.1 Å². The number of aryl methyl sites for hydroxylation is 1. The van der Waals surface area contributed by atoms with E-state index in [-0.39, 0.29) is 11.9 Å². The van der Waals surface area contributed by atoms with E-state index in [4.69, 9.17) is 16.3 Å². The maximum Gasteiger partial charge on any atom is 0.127 e. The Morgan fingerprint density at radius 2 is 2.14 bits per heavy atom. The highest BCUT2D eigenvalue weighted by molar-refractivity contribution is 6.31. The second-order valence-corrected chi connectivity index (χ2v) is 5.71. The number of hydrogen-bond acceptors (Lipinski definition) is 2. The minimum atomic E-state index is -0.181. The summed E-state index contributed by atoms with van der Waals surface area (Å²) < 4.78 is 19.4. The molecule has 110 valence electrons. The molecule has 0 fully saturated rings. The quantitative estimate of drug-likeness (QED) is 0.907. The maximum absolute atomic E-state index is 13.7. The SMILES string of the molecule is Cc1cc2c(cc1Cl)C(NCc1ccccc1F)CCO2. The first-order valence-corrected chi connectivity index (χ1v) is 7.42. The Balaban J connectivity index is 1.79. The Morgan fingerprint density at radius 3 is 2.95 bits per heavy atom. The zero-order valence-corrected chi connectivity index (χ0v) is 12.6. The molecule has 2 aromatic rings. The van der Waals surface area contributed by atoms with E-state index in [1.165, 1.54) is 6.07 Å². The van der Waals surface area contributed by atoms with Crippen LogP contribution < -0.4 is 10.1 Å². The third-order valence-electron chi connectivity index (χ3n) is 3.83. The molecule has 0 spiro atoms. The lowest BCUT2D eigenvalue weighted by Crippen LogP contribution is -2.27. The molecular weight excluding hydrogens is 289 g/mol. The fourth-order valence-electron chi connectivity index (χ4n) is 2.60. The normalized spacial score (nSPS) is 17.2. The van der Waals surface area contributed by atoms with Crippen molar-refractivity contribution in [3.05, 3.63) is 63.9 Å². The summed E-state index contributed by atoms with van der Waals surface area (Å²) in [4.78, 5) is 0. The number of fused-ring (bicyclic) bond motifs is 1. The highest BCUT2D eigenvalue weighted by Gasteiger charge is 2.22. The molecule has 0 aliphatic carbocycles. The Hall–Kier alpha value is -1.58. The molecule has 0 amide bonds. The van der Waals surface area contributed by atoms with Crippen LogP contribution >= 0.6 is 11.6 Å². The fraction of sp³-hybridized carbons (Fsp3) is 0.294. The summed E-state index contributed by atoms with van der Waals surface area (Å²) in [5, 5.41) is 4.14. The lowest BCUT2D eigenvalue weighted by Gasteiger charge is -2.27. The predicted octanol–water partition coefficient (Wildman–Crippen LogP) is 4.40. The monoisotopic (exact) mass is 305 g/mol. The molecule has 0 aromatic heterocycles. The number of ether oxygens (including phenoxy) is 1. The van der Waals surface area contributed by atoms with Crippen LogP contribution in [0.15, 0.2) is 36.4 Å². The van der Waals surface area contributed by atoms with E-state index in [0.717, 1.165) is 28.3 Å². The highest BCUT2D eigenvalue weighted by atomic mass is 35.5. The van der Waals surface area contributed by atoms with Crippen LogP contribution in [0.25, 0.3) is 0 Å². The summed E-state index contributed by atoms with van der Waals surface area (Å²) in [5.41, 5.74) is 2.72. The second-order valence-electron chi connectivity index (χ2n) is 5.30. The second kappa shape index (κ2) is 6.04. The largest absolute Gasteiger partial charge is 0.493 e. The molecule has 1 heterocycles. The van der Waals surface area contributed by atoms with Gasteiger partial charge in [0.25, 0.3) is 0 Å². The smallest absolute Gasteiger partial charge is 0.127 e. The summed E-state index contributed by atoms with van der Waals surface area (Å²) in [6, 6.07) is 10.9. The Bertz CT molecular complexity index is 659. The third kappa shape index (κ3) is 3.04. The van der Waals surface area contributed by atoms with Gasteiger partial charge in [0.2, 0.25) is 0 Å². The lowest BCUT2D eigenvalue weighted by atomic mass is 9.98. The first-order valence-electron chi connectivity index (χ1n) is 7.05. The average molecular weight is 306 g/mol. The Morgan fingerprint density at radius 1 is 1.33 bits per heavy atom. The van der Waals surface area contributed by atoms with Crippen LogP contribution in [0.5, 0.6) is 5.75 Å². The summed E-state index contributed by atoms with van der Waals surface area (Å²) in [5.74, 6) is 0.688. The van der Waals surface area contributed by atoms with Crippen LogP contribution in [-0.2, 0) is 6.54 Å². The zero-order chi connectivity index (χ0) is 14.8. The molecular formula is C17H17ClFNO. The maximum atomic E-state index is 13.7. The zero-order valence-electron chi connectivity index (χ0n) is 11.8. The molecule has 1 aliphatic heterocycles. The Kier molecular flexibility index (Phi) is 4.13. The van der Waals surface area contributed by atoms with Gasteiger partial charge in [-0.25, -0.2) is 4.39 Å². The van der Waals surface area contributed by atoms with E-state index in [1.54, 1.807) is 12.1 Å². The van der Waals surface area contributed by atoms with Gasteiger partial charge in [-0.2, -0.15) is 0 Å². The van der Waals surface area contributed by atoms with Crippen LogP contribution in [0.1, 0.15) is 29.2 Å². The van der Waals surface area contributed by atoms with E-state index >= 15 is 0 Å². The number of benzene rings is 2. The molecule has 1 N–H and O–H groups in total. The van der Waals surface area contributed by atoms with Gasteiger partial charge in [0.1, 0.15) is 11.6 Å². The van der Waals surface area contributed by atoms with Crippen LogP contribution in [0, 0.1) is 12.7 Å². The fourth-order valence-corrected chi connectivity index (χ4v) is 2.77. The van der Waals surface area contributed by atoms with Crippen molar-refractivity contribution in [3.63, 3.8) is 0 Å². The molecule has 0 saturated heterocycles. The van der Waals surface area contributed by atoms with Crippen molar-refractivity contribution in [2.45, 2.75) is 25.9 Å². The molecule has 0 bridgehead atoms. The van der Waals surface area contributed by atoms with E-state index in [1.807, 2.05) is 25.1 Å². The van der Waals surface area contributed by atoms with E-state index in [9.17, 15) is 4.39 Å². The lowest BCUT2D eigenvalue weighted by molar-refractivity contribution is 0.251. The van der Waals surface area contributed by atoms with Gasteiger partial charge in [0, 0.05) is 35.2 Å². The molecule has 1 atom stereocenters. The van der Waals surface area contributed by atoms with Gasteiger partial charge >= 0.3 is 0 Å². The highest BCUT2D eigenvalue weighted by Crippen LogP contribution is 2.36. The van der Waals surface area contributed by atoms with Crippen LogP contribution in [-0.4, -0.2) is 6.61 Å². The van der Waals surface area contributed by atoms with Gasteiger partial charge in [-0.15, -0.1) is 0 Å². The van der Waals surface area contributed by atoms with Crippen molar-refractivity contribution in [3.8, 4) is 5.75 Å². The summed E-state index contributed by atoms with van der Waals surface area (Å²) in [6.45, 7) is 3.10. The van der Waals surface area contributed by atoms with E-state index in [2.05, 4.69) is 5.32 Å². The summed E-state index contributed by atoms with van der Waals surface area (Å²) in [7, 11) is 0. The molecule has 2 aromatic carbocycles. The molecule has 0 radical (unpaired) electrons. The summed E-state index contributed by atoms with van der Waals surface area (Å²) in [6.07, 6.45) is 0.848. The van der Waals surface area contributed by atoms with Gasteiger partial charge in [0.15, 0.2) is 0 Å². The van der Waals surface area contributed by atoms with Gasteiger partial charge in [-0.1, -0.05) is 29.8 Å². The van der Waals surface area contributed by atoms with Crippen molar-refractivity contribution >= 4 is 11.6 Å². The van der Waals surface area contributed by atoms with Crippen molar-refractivity contribution in [2.24, 2.45) is 0 Å². The van der Waals surface area contributed by atoms with Gasteiger partial charge in [-0.05, 0) is 30.7 Å². The topological polar surface area (TPSA) is 21.3 Å². The molecule has 0 saturated carbocycles. The van der Waals surface area contributed by atoms with Crippen molar-refractivity contribution in [1.82, 2.24) is 5.32 Å². The van der Waals surface area contributed by atoms with Crippen LogP contribution in [0.4, 0.5) is 4.39 Å². The molecule has 1 aliphatic rings. The average Bonchev–Trinajstić information content (AvgIpc) is 2.48. The number of rotatable bonds is 3. The van der Waals surface area contributed by atoms with Crippen molar-refractivity contribution in [2.75, 3.05) is 6.61 Å². The van der Waals surface area contributed by atoms with E-state index in [0.29, 0.717) is 18.7 Å². The molecule has 21 heavy (non-hydrogen) atoms. The number of nitrogens with one attached hydrogen (secondary N) is 1. The number of halogens is 2. The summed E-state index contributed by atoms with van der Waals surface area (Å²) >= 11 is 6.21. The molecule has 1 unspecified atom stereocenters. The Labute approximate surface area is 128 Å². The standard InChI is InChI=1S/C17H17ClFNO/c1-11-8-17-13(9-14(11)18)16(6-7-21-17)20-10-12-4-2-3-5-15(12)19/h2-5,8-9,16,20H,6-7,10H2,1H3. The van der Waals surface area contributed by atoms with Crippen LogP contribution in [0.3, 0.4) is 0 Å². The van der Waals surface area contributed by atoms with E-state index < -0.39 is 0 Å². The predicted molar refractivity (Wildman–Crippen MR) is 82.3 cm³/mol. The van der Waals surface area contributed by atoms with Gasteiger partial charge in [0.05, 0.1) is 6.61 Å².